The zero-order chi connectivity index (χ0) is 20.1. The molecule has 1 amide bonds. The second kappa shape index (κ2) is 9.78. The first-order valence-corrected chi connectivity index (χ1v) is 12.1. The van der Waals surface area contributed by atoms with Gasteiger partial charge in [-0.15, -0.1) is 0 Å². The molecule has 2 aliphatic rings. The Balaban J connectivity index is 1.48. The lowest BCUT2D eigenvalue weighted by atomic mass is 9.89. The molecule has 1 saturated carbocycles. The minimum absolute atomic E-state index is 0.194. The number of amides is 1. The minimum atomic E-state index is 0.194. The van der Waals surface area contributed by atoms with E-state index in [1.165, 1.54) is 32.1 Å². The fraction of sp³-hybridized carbons (Fsp3) is 0.714. The molecular weight excluding hydrogens is 384 g/mol. The molecule has 0 aromatic carbocycles. The number of nitrogens with zero attached hydrogens (tertiary/aromatic N) is 5. The molecule has 0 radical (unpaired) electrons. The highest BCUT2D eigenvalue weighted by Gasteiger charge is 2.22. The fourth-order valence-electron chi connectivity index (χ4n) is 4.31. The van der Waals surface area contributed by atoms with Gasteiger partial charge >= 0.3 is 0 Å². The summed E-state index contributed by atoms with van der Waals surface area (Å²) in [5.74, 6) is 2.42. The first-order chi connectivity index (χ1) is 14.3. The maximum Gasteiger partial charge on any atom is 0.223 e. The molecule has 0 atom stereocenters. The Kier molecular flexibility index (Phi) is 6.90. The van der Waals surface area contributed by atoms with E-state index in [1.54, 1.807) is 11.8 Å². The summed E-state index contributed by atoms with van der Waals surface area (Å²) in [6.45, 7) is 5.49. The molecule has 2 aromatic heterocycles. The van der Waals surface area contributed by atoms with Crippen LogP contribution in [0.2, 0.25) is 0 Å². The standard InChI is InChI=1S/C21H32N6OS/c1-2-14-29-21-24-18(26-11-6-7-12-26)17-15-23-27(19(17)25-21)13-10-22-20(28)16-8-4-3-5-9-16/h15-16H,2-14H2,1H3,(H,22,28). The second-order valence-electron chi connectivity index (χ2n) is 8.10. The van der Waals surface area contributed by atoms with Crippen molar-refractivity contribution in [3.63, 3.8) is 0 Å². The Morgan fingerprint density at radius 1 is 1.17 bits per heavy atom. The van der Waals surface area contributed by atoms with Gasteiger partial charge in [-0.1, -0.05) is 37.9 Å². The van der Waals surface area contributed by atoms with Crippen LogP contribution < -0.4 is 10.2 Å². The highest BCUT2D eigenvalue weighted by atomic mass is 32.2. The summed E-state index contributed by atoms with van der Waals surface area (Å²) in [5, 5.41) is 9.55. The van der Waals surface area contributed by atoms with Gasteiger partial charge in [0.2, 0.25) is 5.91 Å². The minimum Gasteiger partial charge on any atom is -0.356 e. The molecule has 8 heteroatoms. The van der Waals surface area contributed by atoms with E-state index in [0.29, 0.717) is 13.1 Å². The number of carbonyl (C=O) groups excluding carboxylic acids is 1. The molecule has 0 unspecified atom stereocenters. The predicted molar refractivity (Wildman–Crippen MR) is 117 cm³/mol. The van der Waals surface area contributed by atoms with Crippen LogP contribution in [0.1, 0.15) is 58.3 Å². The van der Waals surface area contributed by atoms with Gasteiger partial charge in [0.25, 0.3) is 0 Å². The third-order valence-electron chi connectivity index (χ3n) is 5.90. The zero-order valence-corrected chi connectivity index (χ0v) is 18.2. The molecular formula is C21H32N6OS. The maximum atomic E-state index is 12.4. The number of fused-ring (bicyclic) bond motifs is 1. The van der Waals surface area contributed by atoms with E-state index in [-0.39, 0.29) is 11.8 Å². The molecule has 1 N–H and O–H groups in total. The number of aromatic nitrogens is 4. The van der Waals surface area contributed by atoms with Crippen molar-refractivity contribution < 1.29 is 4.79 Å². The molecule has 2 aromatic rings. The van der Waals surface area contributed by atoms with Gasteiger partial charge in [-0.05, 0) is 32.1 Å². The van der Waals surface area contributed by atoms with Crippen molar-refractivity contribution in [1.82, 2.24) is 25.1 Å². The summed E-state index contributed by atoms with van der Waals surface area (Å²) in [5.41, 5.74) is 0.882. The molecule has 1 aliphatic heterocycles. The molecule has 2 fully saturated rings. The van der Waals surface area contributed by atoms with Crippen molar-refractivity contribution in [3.8, 4) is 0 Å². The number of anilines is 1. The molecule has 7 nitrogen and oxygen atoms in total. The van der Waals surface area contributed by atoms with Crippen molar-refractivity contribution in [1.29, 1.82) is 0 Å². The number of rotatable bonds is 8. The van der Waals surface area contributed by atoms with Crippen LogP contribution in [0.5, 0.6) is 0 Å². The van der Waals surface area contributed by atoms with Crippen LogP contribution in [0.15, 0.2) is 11.4 Å². The van der Waals surface area contributed by atoms with Crippen LogP contribution in [0.3, 0.4) is 0 Å². The summed E-state index contributed by atoms with van der Waals surface area (Å²) < 4.78 is 1.92. The zero-order valence-electron chi connectivity index (χ0n) is 17.4. The van der Waals surface area contributed by atoms with E-state index >= 15 is 0 Å². The molecule has 3 heterocycles. The Hall–Kier alpha value is -1.83. The molecule has 1 saturated heterocycles. The molecule has 1 aliphatic carbocycles. The normalized spacial score (nSPS) is 17.9. The van der Waals surface area contributed by atoms with Gasteiger partial charge < -0.3 is 10.2 Å². The number of hydrogen-bond donors (Lipinski definition) is 1. The van der Waals surface area contributed by atoms with Crippen molar-refractivity contribution in [2.45, 2.75) is 70.0 Å². The Bertz CT molecular complexity index is 826. The van der Waals surface area contributed by atoms with Gasteiger partial charge in [0.15, 0.2) is 10.8 Å². The van der Waals surface area contributed by atoms with Gasteiger partial charge in [0, 0.05) is 31.3 Å². The van der Waals surface area contributed by atoms with E-state index in [2.05, 4.69) is 22.2 Å². The highest BCUT2D eigenvalue weighted by molar-refractivity contribution is 7.99. The van der Waals surface area contributed by atoms with E-state index < -0.39 is 0 Å². The number of carbonyl (C=O) groups is 1. The lowest BCUT2D eigenvalue weighted by Crippen LogP contribution is -2.34. The number of hydrogen-bond acceptors (Lipinski definition) is 6. The summed E-state index contributed by atoms with van der Waals surface area (Å²) in [7, 11) is 0. The van der Waals surface area contributed by atoms with Crippen LogP contribution in [0.25, 0.3) is 11.0 Å². The van der Waals surface area contributed by atoms with Gasteiger partial charge in [0.05, 0.1) is 18.1 Å². The lowest BCUT2D eigenvalue weighted by molar-refractivity contribution is -0.125. The van der Waals surface area contributed by atoms with E-state index in [1.807, 2.05) is 10.9 Å². The quantitative estimate of drug-likeness (QED) is 0.523. The molecule has 158 valence electrons. The van der Waals surface area contributed by atoms with Gasteiger partial charge in [-0.25, -0.2) is 14.6 Å². The summed E-state index contributed by atoms with van der Waals surface area (Å²) in [6.07, 6.45) is 11.1. The van der Waals surface area contributed by atoms with E-state index in [4.69, 9.17) is 9.97 Å². The van der Waals surface area contributed by atoms with Crippen molar-refractivity contribution in [2.24, 2.45) is 5.92 Å². The molecule has 0 spiro atoms. The third-order valence-corrected chi connectivity index (χ3v) is 6.95. The Morgan fingerprint density at radius 2 is 1.97 bits per heavy atom. The molecule has 0 bridgehead atoms. The van der Waals surface area contributed by atoms with Crippen LogP contribution in [-0.2, 0) is 11.3 Å². The van der Waals surface area contributed by atoms with Gasteiger partial charge in [0.1, 0.15) is 5.82 Å². The summed E-state index contributed by atoms with van der Waals surface area (Å²) >= 11 is 1.71. The van der Waals surface area contributed by atoms with Crippen LogP contribution in [0, 0.1) is 5.92 Å². The molecule has 4 rings (SSSR count). The lowest BCUT2D eigenvalue weighted by Gasteiger charge is -2.20. The smallest absolute Gasteiger partial charge is 0.223 e. The first-order valence-electron chi connectivity index (χ1n) is 11.1. The Morgan fingerprint density at radius 3 is 2.72 bits per heavy atom. The van der Waals surface area contributed by atoms with Crippen molar-refractivity contribution in [2.75, 3.05) is 30.3 Å². The van der Waals surface area contributed by atoms with Crippen molar-refractivity contribution >= 4 is 34.5 Å². The average Bonchev–Trinajstić information content (AvgIpc) is 3.43. The first kappa shape index (κ1) is 20.4. The second-order valence-corrected chi connectivity index (χ2v) is 9.17. The topological polar surface area (TPSA) is 75.9 Å². The maximum absolute atomic E-state index is 12.4. The highest BCUT2D eigenvalue weighted by Crippen LogP contribution is 2.29. The van der Waals surface area contributed by atoms with Crippen LogP contribution in [0.4, 0.5) is 5.82 Å². The van der Waals surface area contributed by atoms with E-state index in [0.717, 1.165) is 60.1 Å². The predicted octanol–water partition coefficient (Wildman–Crippen LogP) is 3.63. The van der Waals surface area contributed by atoms with E-state index in [9.17, 15) is 4.79 Å². The summed E-state index contributed by atoms with van der Waals surface area (Å²) in [4.78, 5) is 24.4. The van der Waals surface area contributed by atoms with Crippen LogP contribution in [-0.4, -0.2) is 51.0 Å². The fourth-order valence-corrected chi connectivity index (χ4v) is 5.00. The van der Waals surface area contributed by atoms with Crippen molar-refractivity contribution in [3.05, 3.63) is 6.20 Å². The number of thioether (sulfide) groups is 1. The SMILES string of the molecule is CCCSc1nc(N2CCCC2)c2cnn(CCNC(=O)C3CCCCC3)c2n1. The Labute approximate surface area is 177 Å². The third kappa shape index (κ3) is 4.85. The summed E-state index contributed by atoms with van der Waals surface area (Å²) in [6, 6.07) is 0. The molecule has 29 heavy (non-hydrogen) atoms. The van der Waals surface area contributed by atoms with Gasteiger partial charge in [-0.2, -0.15) is 5.10 Å². The largest absolute Gasteiger partial charge is 0.356 e. The number of nitrogens with one attached hydrogen (secondary N) is 1. The van der Waals surface area contributed by atoms with Gasteiger partial charge in [-0.3, -0.25) is 4.79 Å². The average molecular weight is 417 g/mol. The van der Waals surface area contributed by atoms with Crippen LogP contribution >= 0.6 is 11.8 Å². The monoisotopic (exact) mass is 416 g/mol.